The number of rotatable bonds is 1. The van der Waals surface area contributed by atoms with Crippen LogP contribution in [0.2, 0.25) is 0 Å². The molecule has 5 heteroatoms. The van der Waals surface area contributed by atoms with Crippen LogP contribution in [0, 0.1) is 0 Å². The summed E-state index contributed by atoms with van der Waals surface area (Å²) < 4.78 is 12.9. The van der Waals surface area contributed by atoms with E-state index < -0.39 is 8.53 Å². The monoisotopic (exact) mass is 99.0 g/mol. The van der Waals surface area contributed by atoms with Crippen molar-refractivity contribution in [3.63, 3.8) is 0 Å². The van der Waals surface area contributed by atoms with E-state index >= 15 is 0 Å². The molecule has 5 heavy (non-hydrogen) atoms. The maximum Gasteiger partial charge on any atom is 0.289 e. The summed E-state index contributed by atoms with van der Waals surface area (Å²) in [6.07, 6.45) is 0. The second-order valence-corrected chi connectivity index (χ2v) is 1.11. The van der Waals surface area contributed by atoms with Crippen LogP contribution in [0.25, 0.3) is 0 Å². The van der Waals surface area contributed by atoms with Crippen LogP contribution < -0.4 is 5.50 Å². The van der Waals surface area contributed by atoms with Gasteiger partial charge in [-0.1, -0.05) is 0 Å². The van der Waals surface area contributed by atoms with Gasteiger partial charge in [0.2, 0.25) is 0 Å². The molecule has 0 radical (unpaired) electrons. The van der Waals surface area contributed by atoms with Crippen molar-refractivity contribution < 1.29 is 14.1 Å². The Bertz CT molecular complexity index is 23.6. The molecule has 0 amide bonds. The van der Waals surface area contributed by atoms with E-state index in [2.05, 4.69) is 10.2 Å². The highest BCUT2D eigenvalue weighted by Gasteiger charge is 1.88. The summed E-state index contributed by atoms with van der Waals surface area (Å²) in [5, 5.41) is 0. The molecule has 0 aliphatic carbocycles. The molecule has 0 spiro atoms. The summed E-state index contributed by atoms with van der Waals surface area (Å²) in [6.45, 7) is 0. The first-order valence-electron chi connectivity index (χ1n) is 0.795. The highest BCUT2D eigenvalue weighted by atomic mass is 31.2. The van der Waals surface area contributed by atoms with Gasteiger partial charge in [-0.3, -0.25) is 5.50 Å². The van der Waals surface area contributed by atoms with Crippen molar-refractivity contribution in [3.05, 3.63) is 0 Å². The lowest BCUT2D eigenvalue weighted by Crippen LogP contribution is -1.82. The summed E-state index contributed by atoms with van der Waals surface area (Å²) in [5.74, 6) is 0. The maximum absolute atomic E-state index is 10.3. The van der Waals surface area contributed by atoms with Crippen molar-refractivity contribution in [3.8, 4) is 0 Å². The average Bonchev–Trinajstić information content (AvgIpc) is 1.38. The minimum atomic E-state index is -2.26. The van der Waals surface area contributed by atoms with Gasteiger partial charge in [0.1, 0.15) is 0 Å². The Morgan fingerprint density at radius 2 is 2.20 bits per heavy atom. The topological polar surface area (TPSA) is 55.5 Å². The van der Waals surface area contributed by atoms with Crippen molar-refractivity contribution >= 4 is 8.53 Å². The zero-order valence-electron chi connectivity index (χ0n) is 2.26. The minimum Gasteiger partial charge on any atom is -0.336 e. The fourth-order valence-corrected chi connectivity index (χ4v) is 0. The van der Waals surface area contributed by atoms with Gasteiger partial charge in [-0.25, -0.2) is 0 Å². The largest absolute Gasteiger partial charge is 0.336 e. The van der Waals surface area contributed by atoms with Gasteiger partial charge in [0, 0.05) is 0 Å². The number of hydrogen-bond donors (Lipinski definition) is 2. The third-order valence-corrected chi connectivity index (χ3v) is 0.212. The van der Waals surface area contributed by atoms with Crippen LogP contribution in [-0.2, 0) is 4.73 Å². The predicted octanol–water partition coefficient (Wildman–Crippen LogP) is 0.0654. The standard InChI is InChI=1S/FH3NO2P/c1-4-5(2)3/h3H,2H2. The Kier molecular flexibility index (Phi) is 2.59. The summed E-state index contributed by atoms with van der Waals surface area (Å²) in [7, 11) is -2.26. The Morgan fingerprint density at radius 1 is 2.00 bits per heavy atom. The van der Waals surface area contributed by atoms with E-state index in [-0.39, 0.29) is 0 Å². The molecule has 0 heterocycles. The number of hydrogen-bond acceptors (Lipinski definition) is 3. The van der Waals surface area contributed by atoms with E-state index in [1.807, 2.05) is 0 Å². The van der Waals surface area contributed by atoms with Crippen molar-refractivity contribution in [2.24, 2.45) is 5.50 Å². The molecule has 0 aromatic heterocycles. The van der Waals surface area contributed by atoms with Crippen LogP contribution in [0.3, 0.4) is 0 Å². The molecule has 1 atom stereocenters. The van der Waals surface area contributed by atoms with Crippen LogP contribution in [0.5, 0.6) is 0 Å². The third kappa shape index (κ3) is 4.24. The van der Waals surface area contributed by atoms with E-state index in [0.29, 0.717) is 0 Å². The molecule has 0 aliphatic rings. The van der Waals surface area contributed by atoms with Gasteiger partial charge in [-0.15, -0.1) is 4.73 Å². The molecule has 0 aromatic carbocycles. The smallest absolute Gasteiger partial charge is 0.289 e. The zero-order chi connectivity index (χ0) is 4.28. The lowest BCUT2D eigenvalue weighted by atomic mass is 13.9. The Labute approximate surface area is 29.4 Å². The van der Waals surface area contributed by atoms with Crippen LogP contribution in [-0.4, -0.2) is 4.89 Å². The van der Waals surface area contributed by atoms with Gasteiger partial charge in [0.25, 0.3) is 8.53 Å². The fraction of sp³-hybridized carbons (Fsp3) is 0. The van der Waals surface area contributed by atoms with Crippen LogP contribution in [0.15, 0.2) is 0 Å². The number of halogens is 1. The summed E-state index contributed by atoms with van der Waals surface area (Å²) in [4.78, 5) is 7.61. The second-order valence-electron chi connectivity index (χ2n) is 0.372. The van der Waals surface area contributed by atoms with Gasteiger partial charge in [-0.2, -0.15) is 0 Å². The van der Waals surface area contributed by atoms with E-state index in [4.69, 9.17) is 4.89 Å². The number of nitrogens with two attached hydrogens (primary N) is 1. The Balaban J connectivity index is 2.54. The molecule has 0 saturated heterocycles. The van der Waals surface area contributed by atoms with Crippen LogP contribution in [0.1, 0.15) is 0 Å². The maximum atomic E-state index is 10.3. The highest BCUT2D eigenvalue weighted by Crippen LogP contribution is 2.18. The first-order valence-corrected chi connectivity index (χ1v) is 2.08. The Hall–Kier alpha value is 0.240. The average molecular weight is 99.0 g/mol. The van der Waals surface area contributed by atoms with Gasteiger partial charge < -0.3 is 4.89 Å². The molecule has 0 aliphatic heterocycles. The normalized spacial score (nSPS) is 15.0. The predicted molar refractivity (Wildman–Crippen MR) is 15.5 cm³/mol. The molecule has 0 aromatic rings. The van der Waals surface area contributed by atoms with E-state index in [1.54, 1.807) is 0 Å². The van der Waals surface area contributed by atoms with Gasteiger partial charge in [0.05, 0.1) is 0 Å². The first kappa shape index (κ1) is 5.24. The van der Waals surface area contributed by atoms with Crippen LogP contribution >= 0.6 is 8.53 Å². The third-order valence-electron chi connectivity index (χ3n) is 0.0707. The van der Waals surface area contributed by atoms with E-state index in [9.17, 15) is 4.53 Å². The zero-order valence-corrected chi connectivity index (χ0v) is 3.15. The molecule has 0 rings (SSSR count). The molecular formula is H3FNO2P. The molecule has 0 bridgehead atoms. The van der Waals surface area contributed by atoms with Crippen molar-refractivity contribution in [1.29, 1.82) is 0 Å². The lowest BCUT2D eigenvalue weighted by Gasteiger charge is -1.85. The fourth-order valence-electron chi connectivity index (χ4n) is 0. The summed E-state index contributed by atoms with van der Waals surface area (Å²) in [6, 6.07) is 0. The molecule has 0 fully saturated rings. The first-order chi connectivity index (χ1) is 2.27. The molecule has 0 saturated carbocycles. The van der Waals surface area contributed by atoms with Gasteiger partial charge >= 0.3 is 0 Å². The van der Waals surface area contributed by atoms with Gasteiger partial charge in [0.15, 0.2) is 0 Å². The van der Waals surface area contributed by atoms with E-state index in [0.717, 1.165) is 0 Å². The molecular weight excluding hydrogens is 96.0 g/mol. The van der Waals surface area contributed by atoms with E-state index in [1.165, 1.54) is 0 Å². The summed E-state index contributed by atoms with van der Waals surface area (Å²) in [5.41, 5.74) is 4.31. The quantitative estimate of drug-likeness (QED) is 0.457. The highest BCUT2D eigenvalue weighted by molar-refractivity contribution is 7.43. The molecule has 3 N–H and O–H groups in total. The van der Waals surface area contributed by atoms with Gasteiger partial charge in [-0.05, 0) is 4.53 Å². The SMILES string of the molecule is NP(O)OF. The molecule has 1 unspecified atom stereocenters. The van der Waals surface area contributed by atoms with Crippen molar-refractivity contribution in [2.75, 3.05) is 0 Å². The lowest BCUT2D eigenvalue weighted by molar-refractivity contribution is -0.00370. The molecule has 3 nitrogen and oxygen atoms in total. The second kappa shape index (κ2) is 2.48. The Morgan fingerprint density at radius 3 is 2.20 bits per heavy atom. The molecule has 32 valence electrons. The van der Waals surface area contributed by atoms with Crippen molar-refractivity contribution in [2.45, 2.75) is 0 Å². The summed E-state index contributed by atoms with van der Waals surface area (Å²) >= 11 is 0. The van der Waals surface area contributed by atoms with Crippen LogP contribution in [0.4, 0.5) is 4.53 Å². The minimum absolute atomic E-state index is 2.26. The van der Waals surface area contributed by atoms with Crippen molar-refractivity contribution in [1.82, 2.24) is 0 Å².